The minimum atomic E-state index is -0.800. The molecule has 0 radical (unpaired) electrons. The third kappa shape index (κ3) is 5.29. The number of urea groups is 1. The number of anilines is 2. The van der Waals surface area contributed by atoms with Gasteiger partial charge in [0.05, 0.1) is 24.1 Å². The zero-order valence-electron chi connectivity index (χ0n) is 21.0. The van der Waals surface area contributed by atoms with E-state index in [-0.39, 0.29) is 36.3 Å². The van der Waals surface area contributed by atoms with E-state index >= 15 is 0 Å². The lowest BCUT2D eigenvalue weighted by atomic mass is 10.2. The number of fused-ring (bicyclic) bond motifs is 1. The molecule has 1 unspecified atom stereocenters. The van der Waals surface area contributed by atoms with E-state index in [0.717, 1.165) is 12.8 Å². The highest BCUT2D eigenvalue weighted by atomic mass is 16.5. The molecule has 2 fully saturated rings. The molecule has 2 heterocycles. The Labute approximate surface area is 213 Å². The Morgan fingerprint density at radius 2 is 1.78 bits per heavy atom. The lowest BCUT2D eigenvalue weighted by Crippen LogP contribution is -2.51. The van der Waals surface area contributed by atoms with E-state index in [1.165, 1.54) is 9.47 Å². The summed E-state index contributed by atoms with van der Waals surface area (Å²) in [5.74, 6) is 0.0389. The van der Waals surface area contributed by atoms with Crippen LogP contribution in [-0.4, -0.2) is 51.8 Å². The predicted octanol–water partition coefficient (Wildman–Crippen LogP) is 3.03. The molecule has 0 spiro atoms. The van der Waals surface area contributed by atoms with Crippen LogP contribution in [0, 0.1) is 5.92 Å². The summed E-state index contributed by atoms with van der Waals surface area (Å²) in [5.41, 5.74) is 0.992. The molecule has 1 aliphatic heterocycles. The number of aromatic nitrogens is 2. The Kier molecular flexibility index (Phi) is 6.84. The Bertz CT molecular complexity index is 1440. The number of nitrogens with zero attached hydrogens (tertiary/aromatic N) is 3. The van der Waals surface area contributed by atoms with Crippen molar-refractivity contribution in [1.82, 2.24) is 14.0 Å². The number of carbonyl (C=O) groups excluding carboxylic acids is 2. The fourth-order valence-corrected chi connectivity index (χ4v) is 4.62. The maximum Gasteiger partial charge on any atom is 0.331 e. The molecule has 2 aromatic carbocycles. The van der Waals surface area contributed by atoms with E-state index in [1.54, 1.807) is 34.9 Å². The molecule has 194 valence electrons. The van der Waals surface area contributed by atoms with Gasteiger partial charge in [-0.1, -0.05) is 18.2 Å². The van der Waals surface area contributed by atoms with Gasteiger partial charge in [0.2, 0.25) is 0 Å². The van der Waals surface area contributed by atoms with Crippen LogP contribution in [0.1, 0.15) is 32.7 Å². The summed E-state index contributed by atoms with van der Waals surface area (Å²) >= 11 is 0. The van der Waals surface area contributed by atoms with E-state index in [2.05, 4.69) is 10.6 Å². The number of hydrogen-bond acceptors (Lipinski definition) is 5. The first-order valence-electron chi connectivity index (χ1n) is 12.6. The second-order valence-electron chi connectivity index (χ2n) is 9.93. The number of hydrogen-bond donors (Lipinski definition) is 2. The molecule has 3 aromatic rings. The van der Waals surface area contributed by atoms with Crippen molar-refractivity contribution in [3.8, 4) is 0 Å². The molecular formula is C27H31N5O5. The minimum absolute atomic E-state index is 0.0964. The summed E-state index contributed by atoms with van der Waals surface area (Å²) in [5, 5.41) is 6.03. The van der Waals surface area contributed by atoms with Gasteiger partial charge in [0.1, 0.15) is 0 Å². The Morgan fingerprint density at radius 1 is 1.03 bits per heavy atom. The molecular weight excluding hydrogens is 474 g/mol. The SMILES string of the molecule is CC(C)n1c(=O)n(CC2CC2)c(=O)c2cc(NC(=O)N3CCOC(C(=O)Nc4ccccc4)C3)ccc21. The lowest BCUT2D eigenvalue weighted by molar-refractivity contribution is -0.131. The Balaban J connectivity index is 1.35. The van der Waals surface area contributed by atoms with Gasteiger partial charge in [-0.15, -0.1) is 0 Å². The van der Waals surface area contributed by atoms with Crippen molar-refractivity contribution in [1.29, 1.82) is 0 Å². The van der Waals surface area contributed by atoms with Crippen molar-refractivity contribution < 1.29 is 14.3 Å². The average molecular weight is 506 g/mol. The first-order valence-corrected chi connectivity index (χ1v) is 12.6. The van der Waals surface area contributed by atoms with Crippen LogP contribution < -0.4 is 21.9 Å². The van der Waals surface area contributed by atoms with E-state index < -0.39 is 12.1 Å². The number of nitrogens with one attached hydrogen (secondary N) is 2. The molecule has 1 aliphatic carbocycles. The summed E-state index contributed by atoms with van der Waals surface area (Å²) in [6, 6.07) is 13.5. The minimum Gasteiger partial charge on any atom is -0.365 e. The summed E-state index contributed by atoms with van der Waals surface area (Å²) in [6.07, 6.45) is 1.24. The summed E-state index contributed by atoms with van der Waals surface area (Å²) in [4.78, 5) is 53.6. The fourth-order valence-electron chi connectivity index (χ4n) is 4.62. The maximum absolute atomic E-state index is 13.3. The quantitative estimate of drug-likeness (QED) is 0.535. The van der Waals surface area contributed by atoms with Crippen molar-refractivity contribution in [2.24, 2.45) is 5.92 Å². The number of morpholine rings is 1. The standard InChI is InChI=1S/C27H31N5O5/c1-17(2)32-22-11-10-20(14-21(22)25(34)31(27(32)36)15-18-8-9-18)29-26(35)30-12-13-37-23(16-30)24(33)28-19-6-4-3-5-7-19/h3-7,10-11,14,17-18,23H,8-9,12-13,15-16H2,1-2H3,(H,28,33)(H,29,35). The third-order valence-electron chi connectivity index (χ3n) is 6.76. The van der Waals surface area contributed by atoms with Gasteiger partial charge in [0.25, 0.3) is 11.5 Å². The largest absolute Gasteiger partial charge is 0.365 e. The van der Waals surface area contributed by atoms with Gasteiger partial charge in [-0.25, -0.2) is 9.59 Å². The molecule has 3 amide bonds. The number of carbonyl (C=O) groups is 2. The Hall–Kier alpha value is -3.92. The Morgan fingerprint density at radius 3 is 2.49 bits per heavy atom. The average Bonchev–Trinajstić information content (AvgIpc) is 3.72. The van der Waals surface area contributed by atoms with E-state index in [0.29, 0.717) is 41.3 Å². The van der Waals surface area contributed by atoms with Crippen LogP contribution in [-0.2, 0) is 16.1 Å². The molecule has 10 nitrogen and oxygen atoms in total. The highest BCUT2D eigenvalue weighted by Crippen LogP contribution is 2.30. The smallest absolute Gasteiger partial charge is 0.331 e. The molecule has 1 saturated carbocycles. The second kappa shape index (κ2) is 10.2. The molecule has 2 N–H and O–H groups in total. The lowest BCUT2D eigenvalue weighted by Gasteiger charge is -2.32. The molecule has 2 aliphatic rings. The summed E-state index contributed by atoms with van der Waals surface area (Å²) in [7, 11) is 0. The highest BCUT2D eigenvalue weighted by molar-refractivity contribution is 5.96. The van der Waals surface area contributed by atoms with Gasteiger partial charge in [-0.05, 0) is 62.9 Å². The van der Waals surface area contributed by atoms with Gasteiger partial charge in [-0.2, -0.15) is 0 Å². The van der Waals surface area contributed by atoms with Crippen molar-refractivity contribution >= 4 is 34.2 Å². The van der Waals surface area contributed by atoms with Gasteiger partial charge in [0, 0.05) is 30.5 Å². The van der Waals surface area contributed by atoms with Gasteiger partial charge in [0.15, 0.2) is 6.10 Å². The van der Waals surface area contributed by atoms with E-state index in [4.69, 9.17) is 4.74 Å². The van der Waals surface area contributed by atoms with Crippen molar-refractivity contribution in [2.45, 2.75) is 45.4 Å². The van der Waals surface area contributed by atoms with E-state index in [1.807, 2.05) is 32.0 Å². The van der Waals surface area contributed by atoms with Crippen LogP contribution in [0.2, 0.25) is 0 Å². The molecule has 5 rings (SSSR count). The van der Waals surface area contributed by atoms with Crippen LogP contribution in [0.25, 0.3) is 10.9 Å². The highest BCUT2D eigenvalue weighted by Gasteiger charge is 2.30. The number of para-hydroxylation sites is 1. The number of ether oxygens (including phenoxy) is 1. The molecule has 1 aromatic heterocycles. The number of rotatable bonds is 6. The topological polar surface area (TPSA) is 115 Å². The fraction of sp³-hybridized carbons (Fsp3) is 0.407. The normalized spacial score (nSPS) is 17.7. The van der Waals surface area contributed by atoms with Crippen LogP contribution >= 0.6 is 0 Å². The molecule has 1 saturated heterocycles. The second-order valence-corrected chi connectivity index (χ2v) is 9.93. The maximum atomic E-state index is 13.3. The van der Waals surface area contributed by atoms with Crippen LogP contribution in [0.15, 0.2) is 58.1 Å². The zero-order valence-corrected chi connectivity index (χ0v) is 21.0. The first kappa shape index (κ1) is 24.8. The van der Waals surface area contributed by atoms with Gasteiger partial charge < -0.3 is 20.3 Å². The molecule has 0 bridgehead atoms. The van der Waals surface area contributed by atoms with Gasteiger partial charge >= 0.3 is 11.7 Å². The van der Waals surface area contributed by atoms with Crippen LogP contribution in [0.4, 0.5) is 16.2 Å². The number of benzene rings is 2. The summed E-state index contributed by atoms with van der Waals surface area (Å²) < 4.78 is 8.55. The van der Waals surface area contributed by atoms with E-state index in [9.17, 15) is 19.2 Å². The molecule has 37 heavy (non-hydrogen) atoms. The van der Waals surface area contributed by atoms with Gasteiger partial charge in [-0.3, -0.25) is 18.7 Å². The molecule has 1 atom stereocenters. The molecule has 10 heteroatoms. The third-order valence-corrected chi connectivity index (χ3v) is 6.76. The number of amides is 3. The summed E-state index contributed by atoms with van der Waals surface area (Å²) in [6.45, 7) is 4.88. The van der Waals surface area contributed by atoms with Crippen molar-refractivity contribution in [3.63, 3.8) is 0 Å². The van der Waals surface area contributed by atoms with Crippen LogP contribution in [0.3, 0.4) is 0 Å². The van der Waals surface area contributed by atoms with Crippen LogP contribution in [0.5, 0.6) is 0 Å². The monoisotopic (exact) mass is 505 g/mol. The van der Waals surface area contributed by atoms with Crippen molar-refractivity contribution in [2.75, 3.05) is 30.3 Å². The van der Waals surface area contributed by atoms with Crippen molar-refractivity contribution in [3.05, 3.63) is 69.4 Å². The first-order chi connectivity index (χ1) is 17.8. The predicted molar refractivity (Wildman–Crippen MR) is 141 cm³/mol. The zero-order chi connectivity index (χ0) is 26.1.